The molecule has 2 N–H and O–H groups in total. The van der Waals surface area contributed by atoms with Gasteiger partial charge in [-0.05, 0) is 66.7 Å². The van der Waals surface area contributed by atoms with E-state index in [1.165, 1.54) is 10.4 Å². The van der Waals surface area contributed by atoms with Crippen molar-refractivity contribution in [3.8, 4) is 0 Å². The zero-order valence-corrected chi connectivity index (χ0v) is 20.6. The summed E-state index contributed by atoms with van der Waals surface area (Å²) in [6, 6.07) is 8.25. The van der Waals surface area contributed by atoms with Crippen LogP contribution in [0.15, 0.2) is 30.3 Å². The smallest absolute Gasteiger partial charge is 0.254 e. The van der Waals surface area contributed by atoms with Crippen LogP contribution in [0.25, 0.3) is 6.08 Å². The molecular weight excluding hydrogens is 432 g/mol. The van der Waals surface area contributed by atoms with Crippen LogP contribution in [-0.2, 0) is 27.8 Å². The summed E-state index contributed by atoms with van der Waals surface area (Å²) in [5.74, 6) is -0.330. The summed E-state index contributed by atoms with van der Waals surface area (Å²) in [6.45, 7) is 7.82. The minimum atomic E-state index is -0.221. The number of fused-ring (bicyclic) bond motifs is 1. The maximum absolute atomic E-state index is 13.1. The Morgan fingerprint density at radius 3 is 2.58 bits per heavy atom. The highest BCUT2D eigenvalue weighted by Gasteiger charge is 2.27. The molecule has 1 aliphatic heterocycles. The Labute approximate surface area is 200 Å². The molecule has 2 aliphatic rings. The number of amides is 2. The molecule has 1 aromatic carbocycles. The monoisotopic (exact) mass is 466 g/mol. The number of ether oxygens (including phenoxy) is 1. The molecule has 5 nitrogen and oxygen atoms in total. The van der Waals surface area contributed by atoms with Crippen molar-refractivity contribution in [1.82, 2.24) is 5.32 Å². The third-order valence-electron chi connectivity index (χ3n) is 6.35. The van der Waals surface area contributed by atoms with Crippen LogP contribution in [0.3, 0.4) is 0 Å². The predicted octanol–water partition coefficient (Wildman–Crippen LogP) is 5.49. The molecule has 0 saturated carbocycles. The SMILES string of the molecule is CC(C)(C)c1ccc(/C=C/C(=O)Nc2sc3c(c2C(=O)NCC2CCCO2)CCCC3)cc1. The van der Waals surface area contributed by atoms with Gasteiger partial charge in [-0.2, -0.15) is 0 Å². The fourth-order valence-electron chi connectivity index (χ4n) is 4.41. The summed E-state index contributed by atoms with van der Waals surface area (Å²) >= 11 is 1.55. The average molecular weight is 467 g/mol. The van der Waals surface area contributed by atoms with Gasteiger partial charge in [-0.25, -0.2) is 0 Å². The number of anilines is 1. The van der Waals surface area contributed by atoms with Crippen LogP contribution in [-0.4, -0.2) is 31.1 Å². The lowest BCUT2D eigenvalue weighted by atomic mass is 9.87. The number of nitrogens with one attached hydrogen (secondary N) is 2. The minimum absolute atomic E-state index is 0.0917. The molecule has 1 atom stereocenters. The second-order valence-corrected chi connectivity index (χ2v) is 11.1. The van der Waals surface area contributed by atoms with Crippen LogP contribution in [0.1, 0.15) is 78.4 Å². The van der Waals surface area contributed by atoms with Crippen molar-refractivity contribution in [3.05, 3.63) is 57.5 Å². The number of carbonyl (C=O) groups excluding carboxylic acids is 2. The van der Waals surface area contributed by atoms with Crippen LogP contribution < -0.4 is 10.6 Å². The Bertz CT molecular complexity index is 1020. The molecule has 2 heterocycles. The van der Waals surface area contributed by atoms with Crippen LogP contribution in [0.4, 0.5) is 5.00 Å². The zero-order valence-electron chi connectivity index (χ0n) is 19.8. The highest BCUT2D eigenvalue weighted by Crippen LogP contribution is 2.38. The molecule has 2 amide bonds. The van der Waals surface area contributed by atoms with Crippen LogP contribution >= 0.6 is 11.3 Å². The van der Waals surface area contributed by atoms with Gasteiger partial charge in [-0.15, -0.1) is 11.3 Å². The number of hydrogen-bond donors (Lipinski definition) is 2. The van der Waals surface area contributed by atoms with Gasteiger partial charge in [0, 0.05) is 24.1 Å². The summed E-state index contributed by atoms with van der Waals surface area (Å²) in [5, 5.41) is 6.68. The van der Waals surface area contributed by atoms with E-state index >= 15 is 0 Å². The number of aryl methyl sites for hydroxylation is 1. The lowest BCUT2D eigenvalue weighted by Gasteiger charge is -2.18. The van der Waals surface area contributed by atoms with Crippen LogP contribution in [0.2, 0.25) is 0 Å². The second kappa shape index (κ2) is 10.2. The van der Waals surface area contributed by atoms with E-state index in [0.29, 0.717) is 17.1 Å². The fraction of sp³-hybridized carbons (Fsp3) is 0.481. The van der Waals surface area contributed by atoms with E-state index in [1.807, 2.05) is 18.2 Å². The van der Waals surface area contributed by atoms with E-state index in [0.717, 1.165) is 56.3 Å². The van der Waals surface area contributed by atoms with E-state index in [1.54, 1.807) is 17.4 Å². The van der Waals surface area contributed by atoms with Gasteiger partial charge in [-0.1, -0.05) is 45.0 Å². The molecule has 2 aromatic rings. The Hall–Kier alpha value is -2.44. The van der Waals surface area contributed by atoms with E-state index in [2.05, 4.69) is 43.5 Å². The van der Waals surface area contributed by atoms with Crippen LogP contribution in [0, 0.1) is 0 Å². The molecule has 1 unspecified atom stereocenters. The number of benzene rings is 1. The first-order chi connectivity index (χ1) is 15.8. The first-order valence-corrected chi connectivity index (χ1v) is 12.8. The first-order valence-electron chi connectivity index (χ1n) is 12.0. The maximum Gasteiger partial charge on any atom is 0.254 e. The number of thiophene rings is 1. The summed E-state index contributed by atoms with van der Waals surface area (Å²) in [5.41, 5.74) is 4.07. The van der Waals surface area contributed by atoms with Gasteiger partial charge in [-0.3, -0.25) is 9.59 Å². The molecular formula is C27H34N2O3S. The Morgan fingerprint density at radius 1 is 1.12 bits per heavy atom. The average Bonchev–Trinajstić information content (AvgIpc) is 3.43. The Kier molecular flexibility index (Phi) is 7.35. The van der Waals surface area contributed by atoms with Gasteiger partial charge in [0.1, 0.15) is 5.00 Å². The number of carbonyl (C=O) groups is 2. The van der Waals surface area contributed by atoms with Crippen molar-refractivity contribution in [3.63, 3.8) is 0 Å². The Balaban J connectivity index is 1.46. The van der Waals surface area contributed by atoms with E-state index in [-0.39, 0.29) is 23.3 Å². The third kappa shape index (κ3) is 5.92. The summed E-state index contributed by atoms with van der Waals surface area (Å²) < 4.78 is 5.64. The van der Waals surface area contributed by atoms with Gasteiger partial charge in [0.05, 0.1) is 11.7 Å². The van der Waals surface area contributed by atoms with Crippen molar-refractivity contribution in [2.75, 3.05) is 18.5 Å². The lowest BCUT2D eigenvalue weighted by Crippen LogP contribution is -2.32. The second-order valence-electron chi connectivity index (χ2n) is 9.95. The maximum atomic E-state index is 13.1. The zero-order chi connectivity index (χ0) is 23.4. The largest absolute Gasteiger partial charge is 0.376 e. The van der Waals surface area contributed by atoms with Crippen LogP contribution in [0.5, 0.6) is 0 Å². The molecule has 6 heteroatoms. The fourth-order valence-corrected chi connectivity index (χ4v) is 5.70. The standard InChI is InChI=1S/C27H34N2O3S/c1-27(2,3)19-13-10-18(11-14-19)12-15-23(30)29-26-24(21-8-4-5-9-22(21)33-26)25(31)28-17-20-7-6-16-32-20/h10-15,20H,4-9,16-17H2,1-3H3,(H,28,31)(H,29,30)/b15-12+. The van der Waals surface area contributed by atoms with Crippen molar-refractivity contribution in [2.24, 2.45) is 0 Å². The molecule has 1 saturated heterocycles. The molecule has 1 aromatic heterocycles. The van der Waals surface area contributed by atoms with Gasteiger partial charge in [0.2, 0.25) is 5.91 Å². The van der Waals surface area contributed by atoms with Crippen molar-refractivity contribution in [1.29, 1.82) is 0 Å². The molecule has 4 rings (SSSR count). The van der Waals surface area contributed by atoms with Gasteiger partial charge in [0.25, 0.3) is 5.91 Å². The highest BCUT2D eigenvalue weighted by molar-refractivity contribution is 7.17. The molecule has 0 radical (unpaired) electrons. The first kappa shape index (κ1) is 23.7. The summed E-state index contributed by atoms with van der Waals surface area (Å²) in [7, 11) is 0. The summed E-state index contributed by atoms with van der Waals surface area (Å²) in [4.78, 5) is 27.0. The molecule has 1 aliphatic carbocycles. The quantitative estimate of drug-likeness (QED) is 0.554. The Morgan fingerprint density at radius 2 is 1.88 bits per heavy atom. The van der Waals surface area contributed by atoms with Crippen molar-refractivity contribution in [2.45, 2.75) is 70.8 Å². The molecule has 0 bridgehead atoms. The van der Waals surface area contributed by atoms with E-state index in [9.17, 15) is 9.59 Å². The van der Waals surface area contributed by atoms with Gasteiger partial charge in [0.15, 0.2) is 0 Å². The molecule has 33 heavy (non-hydrogen) atoms. The lowest BCUT2D eigenvalue weighted by molar-refractivity contribution is -0.111. The van der Waals surface area contributed by atoms with Crippen molar-refractivity contribution >= 4 is 34.2 Å². The number of hydrogen-bond acceptors (Lipinski definition) is 4. The van der Waals surface area contributed by atoms with Gasteiger partial charge < -0.3 is 15.4 Å². The topological polar surface area (TPSA) is 67.4 Å². The number of rotatable bonds is 6. The predicted molar refractivity (Wildman–Crippen MR) is 135 cm³/mol. The van der Waals surface area contributed by atoms with Gasteiger partial charge >= 0.3 is 0 Å². The summed E-state index contributed by atoms with van der Waals surface area (Å²) in [6.07, 6.45) is 9.53. The van der Waals surface area contributed by atoms with Crippen molar-refractivity contribution < 1.29 is 14.3 Å². The molecule has 1 fully saturated rings. The van der Waals surface area contributed by atoms with E-state index < -0.39 is 0 Å². The molecule has 176 valence electrons. The van der Waals surface area contributed by atoms with E-state index in [4.69, 9.17) is 4.74 Å². The minimum Gasteiger partial charge on any atom is -0.376 e. The normalized spacial score (nSPS) is 18.3. The highest BCUT2D eigenvalue weighted by atomic mass is 32.1. The molecule has 0 spiro atoms. The third-order valence-corrected chi connectivity index (χ3v) is 7.56.